The number of nitrogens with zero attached hydrogens (tertiary/aromatic N) is 3. The van der Waals surface area contributed by atoms with Crippen molar-refractivity contribution >= 4 is 39.5 Å². The van der Waals surface area contributed by atoms with Crippen LogP contribution in [-0.2, 0) is 15.5 Å². The van der Waals surface area contributed by atoms with Crippen molar-refractivity contribution in [2.75, 3.05) is 13.1 Å². The number of aromatic nitrogens is 2. The first kappa shape index (κ1) is 19.0. The Kier molecular flexibility index (Phi) is 5.48. The molecule has 26 heavy (non-hydrogen) atoms. The number of para-hydroxylation sites is 2. The van der Waals surface area contributed by atoms with E-state index in [0.29, 0.717) is 24.1 Å². The summed E-state index contributed by atoms with van der Waals surface area (Å²) >= 11 is 6.23. The van der Waals surface area contributed by atoms with E-state index in [0.717, 1.165) is 12.8 Å². The molecule has 1 saturated heterocycles. The zero-order valence-corrected chi connectivity index (χ0v) is 16.6. The van der Waals surface area contributed by atoms with Crippen LogP contribution < -0.4 is 0 Å². The van der Waals surface area contributed by atoms with Crippen LogP contribution in [0.1, 0.15) is 33.6 Å². The third-order valence-electron chi connectivity index (χ3n) is 4.02. The summed E-state index contributed by atoms with van der Waals surface area (Å²) in [6, 6.07) is 7.32. The molecule has 0 spiro atoms. The monoisotopic (exact) mass is 395 g/mol. The molecule has 1 amide bonds. The number of fused-ring (bicyclic) bond motifs is 1. The van der Waals surface area contributed by atoms with Crippen LogP contribution >= 0.6 is 11.6 Å². The van der Waals surface area contributed by atoms with Gasteiger partial charge in [0, 0.05) is 13.1 Å². The zero-order valence-electron chi connectivity index (χ0n) is 15.1. The van der Waals surface area contributed by atoms with Crippen molar-refractivity contribution in [2.24, 2.45) is 0 Å². The van der Waals surface area contributed by atoms with Gasteiger partial charge in [0.25, 0.3) is 0 Å². The molecule has 8 heteroatoms. The average Bonchev–Trinajstić information content (AvgIpc) is 2.59. The van der Waals surface area contributed by atoms with E-state index >= 15 is 0 Å². The lowest BCUT2D eigenvalue weighted by Crippen LogP contribution is -2.46. The number of carbonyl (C=O) groups is 1. The SMILES string of the molecule is CC(C)(C)OC(=O)N1CCC[C@H]([S@@](=O)c2nc3ccccc3nc2Cl)C1. The van der Waals surface area contributed by atoms with Gasteiger partial charge in [0.1, 0.15) is 5.60 Å². The van der Waals surface area contributed by atoms with Gasteiger partial charge < -0.3 is 9.64 Å². The lowest BCUT2D eigenvalue weighted by molar-refractivity contribution is 0.0219. The number of piperidine rings is 1. The Labute approximate surface area is 160 Å². The number of ether oxygens (including phenoxy) is 1. The highest BCUT2D eigenvalue weighted by molar-refractivity contribution is 7.85. The topological polar surface area (TPSA) is 72.4 Å². The number of hydrogen-bond acceptors (Lipinski definition) is 5. The number of amides is 1. The molecule has 2 heterocycles. The lowest BCUT2D eigenvalue weighted by Gasteiger charge is -2.33. The summed E-state index contributed by atoms with van der Waals surface area (Å²) in [6.45, 7) is 6.44. The van der Waals surface area contributed by atoms with E-state index in [1.165, 1.54) is 0 Å². The molecule has 2 atom stereocenters. The summed E-state index contributed by atoms with van der Waals surface area (Å²) in [4.78, 5) is 22.7. The van der Waals surface area contributed by atoms with E-state index < -0.39 is 16.4 Å². The van der Waals surface area contributed by atoms with Crippen LogP contribution in [0.3, 0.4) is 0 Å². The van der Waals surface area contributed by atoms with Crippen LogP contribution in [0.2, 0.25) is 5.15 Å². The minimum atomic E-state index is -1.45. The number of hydrogen-bond donors (Lipinski definition) is 0. The molecule has 1 aliphatic rings. The predicted molar refractivity (Wildman–Crippen MR) is 102 cm³/mol. The Morgan fingerprint density at radius 3 is 2.58 bits per heavy atom. The van der Waals surface area contributed by atoms with Crippen molar-refractivity contribution in [1.29, 1.82) is 0 Å². The second-order valence-corrected chi connectivity index (χ2v) is 9.30. The highest BCUT2D eigenvalue weighted by Crippen LogP contribution is 2.26. The van der Waals surface area contributed by atoms with E-state index in [-0.39, 0.29) is 21.5 Å². The van der Waals surface area contributed by atoms with Crippen molar-refractivity contribution in [1.82, 2.24) is 14.9 Å². The number of likely N-dealkylation sites (tertiary alicyclic amines) is 1. The fourth-order valence-corrected chi connectivity index (χ4v) is 4.63. The Balaban J connectivity index is 1.79. The molecule has 3 rings (SSSR count). The molecule has 1 aromatic heterocycles. The maximum Gasteiger partial charge on any atom is 0.410 e. The lowest BCUT2D eigenvalue weighted by atomic mass is 10.1. The van der Waals surface area contributed by atoms with E-state index in [1.807, 2.05) is 45.0 Å². The van der Waals surface area contributed by atoms with Crippen LogP contribution in [0.15, 0.2) is 29.3 Å². The van der Waals surface area contributed by atoms with Gasteiger partial charge in [0.15, 0.2) is 10.2 Å². The summed E-state index contributed by atoms with van der Waals surface area (Å²) in [6.07, 6.45) is 1.11. The molecule has 1 aromatic carbocycles. The summed E-state index contributed by atoms with van der Waals surface area (Å²) in [5.74, 6) is 0. The van der Waals surface area contributed by atoms with Crippen LogP contribution in [0.4, 0.5) is 4.79 Å². The Hall–Kier alpha value is -1.73. The molecule has 2 aromatic rings. The van der Waals surface area contributed by atoms with Gasteiger partial charge in [-0.2, -0.15) is 0 Å². The molecule has 0 unspecified atom stereocenters. The van der Waals surface area contributed by atoms with Gasteiger partial charge in [0.2, 0.25) is 0 Å². The molecule has 0 bridgehead atoms. The first-order valence-corrected chi connectivity index (χ1v) is 10.1. The number of benzene rings is 1. The highest BCUT2D eigenvalue weighted by Gasteiger charge is 2.32. The second kappa shape index (κ2) is 7.48. The predicted octanol–water partition coefficient (Wildman–Crippen LogP) is 3.79. The number of halogens is 1. The maximum atomic E-state index is 13.1. The normalized spacial score (nSPS) is 19.4. The molecule has 0 radical (unpaired) electrons. The van der Waals surface area contributed by atoms with Gasteiger partial charge in [-0.1, -0.05) is 23.7 Å². The van der Waals surface area contributed by atoms with Crippen molar-refractivity contribution in [2.45, 2.75) is 49.5 Å². The molecule has 140 valence electrons. The zero-order chi connectivity index (χ0) is 18.9. The fraction of sp³-hybridized carbons (Fsp3) is 0.500. The molecule has 1 fully saturated rings. The van der Waals surface area contributed by atoms with Gasteiger partial charge in [0.05, 0.1) is 27.1 Å². The number of carbonyl (C=O) groups excluding carboxylic acids is 1. The van der Waals surface area contributed by atoms with E-state index in [4.69, 9.17) is 16.3 Å². The second-order valence-electron chi connectivity index (χ2n) is 7.30. The first-order chi connectivity index (χ1) is 12.2. The van der Waals surface area contributed by atoms with E-state index in [1.54, 1.807) is 4.90 Å². The molecule has 0 aliphatic carbocycles. The summed E-state index contributed by atoms with van der Waals surface area (Å²) in [5.41, 5.74) is 0.758. The fourth-order valence-electron chi connectivity index (χ4n) is 2.85. The van der Waals surface area contributed by atoms with Gasteiger partial charge >= 0.3 is 6.09 Å². The van der Waals surface area contributed by atoms with Crippen LogP contribution in [0, 0.1) is 0 Å². The van der Waals surface area contributed by atoms with Gasteiger partial charge in [-0.05, 0) is 45.7 Å². The largest absolute Gasteiger partial charge is 0.444 e. The van der Waals surface area contributed by atoms with E-state index in [2.05, 4.69) is 9.97 Å². The molecule has 0 N–H and O–H groups in total. The maximum absolute atomic E-state index is 13.1. The van der Waals surface area contributed by atoms with Crippen molar-refractivity contribution in [3.63, 3.8) is 0 Å². The Morgan fingerprint density at radius 1 is 1.27 bits per heavy atom. The van der Waals surface area contributed by atoms with Crippen LogP contribution in [0.5, 0.6) is 0 Å². The molecule has 1 aliphatic heterocycles. The summed E-state index contributed by atoms with van der Waals surface area (Å²) < 4.78 is 18.5. The quantitative estimate of drug-likeness (QED) is 0.773. The minimum absolute atomic E-state index is 0.149. The Morgan fingerprint density at radius 2 is 1.92 bits per heavy atom. The minimum Gasteiger partial charge on any atom is -0.444 e. The molecular weight excluding hydrogens is 374 g/mol. The third-order valence-corrected chi connectivity index (χ3v) is 6.05. The standard InChI is InChI=1S/C18H22ClN3O3S/c1-18(2,3)25-17(23)22-10-6-7-12(11-22)26(24)16-15(19)20-13-8-4-5-9-14(13)21-16/h4-5,8-9,12H,6-7,10-11H2,1-3H3/t12-,26+/m0/s1. The van der Waals surface area contributed by atoms with Gasteiger partial charge in [-0.25, -0.2) is 14.8 Å². The molecule has 6 nitrogen and oxygen atoms in total. The van der Waals surface area contributed by atoms with Crippen molar-refractivity contribution < 1.29 is 13.7 Å². The van der Waals surface area contributed by atoms with Crippen LogP contribution in [0.25, 0.3) is 11.0 Å². The summed E-state index contributed by atoms with van der Waals surface area (Å²) in [5, 5.41) is 0.182. The third kappa shape index (κ3) is 4.32. The highest BCUT2D eigenvalue weighted by atomic mass is 35.5. The number of rotatable bonds is 2. The first-order valence-electron chi connectivity index (χ1n) is 8.55. The van der Waals surface area contributed by atoms with Gasteiger partial charge in [-0.3, -0.25) is 4.21 Å². The molecule has 0 saturated carbocycles. The van der Waals surface area contributed by atoms with E-state index in [9.17, 15) is 9.00 Å². The summed E-state index contributed by atoms with van der Waals surface area (Å²) in [7, 11) is -1.45. The Bertz CT molecular complexity index is 853. The molecular formula is C18H22ClN3O3S. The van der Waals surface area contributed by atoms with Crippen molar-refractivity contribution in [3.05, 3.63) is 29.4 Å². The average molecular weight is 396 g/mol. The van der Waals surface area contributed by atoms with Crippen LogP contribution in [-0.4, -0.2) is 49.1 Å². The van der Waals surface area contributed by atoms with Gasteiger partial charge in [-0.15, -0.1) is 0 Å². The smallest absolute Gasteiger partial charge is 0.410 e. The van der Waals surface area contributed by atoms with Crippen molar-refractivity contribution in [3.8, 4) is 0 Å².